The number of aliphatic hydroxyl groups is 1. The second-order valence-electron chi connectivity index (χ2n) is 9.50. The van der Waals surface area contributed by atoms with Crippen molar-refractivity contribution in [1.82, 2.24) is 9.97 Å². The van der Waals surface area contributed by atoms with Crippen molar-refractivity contribution in [3.05, 3.63) is 73.8 Å². The molecule has 1 aliphatic carbocycles. The minimum Gasteiger partial charge on any atom is -0.393 e. The van der Waals surface area contributed by atoms with Gasteiger partial charge in [-0.3, -0.25) is 8.98 Å². The number of thiophene rings is 1. The van der Waals surface area contributed by atoms with E-state index in [-0.39, 0.29) is 24.5 Å². The minimum atomic E-state index is -4.10. The lowest BCUT2D eigenvalue weighted by molar-refractivity contribution is 0.0697. The average Bonchev–Trinajstić information content (AvgIpc) is 3.43. The van der Waals surface area contributed by atoms with E-state index < -0.39 is 22.3 Å². The highest BCUT2D eigenvalue weighted by Gasteiger charge is 2.35. The number of ether oxygens (including phenoxy) is 1. The van der Waals surface area contributed by atoms with Crippen LogP contribution in [0.25, 0.3) is 0 Å². The third-order valence-electron chi connectivity index (χ3n) is 6.91. The van der Waals surface area contributed by atoms with E-state index in [9.17, 15) is 18.3 Å². The summed E-state index contributed by atoms with van der Waals surface area (Å²) in [4.78, 5) is 23.4. The number of carbonyl (C=O) groups excluding carboxylic acids is 1. The molecular weight excluding hydrogens is 552 g/mol. The molecule has 4 N–H and O–H groups in total. The number of halogens is 1. The van der Waals surface area contributed by atoms with Crippen LogP contribution in [0.1, 0.15) is 55.7 Å². The maximum absolute atomic E-state index is 13.6. The van der Waals surface area contributed by atoms with E-state index in [2.05, 4.69) is 19.5 Å². The first kappa shape index (κ1) is 27.1. The number of aromatic nitrogens is 2. The van der Waals surface area contributed by atoms with Gasteiger partial charge in [0.05, 0.1) is 29.8 Å². The van der Waals surface area contributed by atoms with Crippen molar-refractivity contribution in [2.45, 2.75) is 44.4 Å². The molecule has 13 heteroatoms. The Labute approximate surface area is 229 Å². The molecule has 0 spiro atoms. The Hall–Kier alpha value is -2.45. The van der Waals surface area contributed by atoms with Crippen LogP contribution in [0, 0.1) is 12.8 Å². The maximum Gasteiger partial charge on any atom is 0.333 e. The second kappa shape index (κ2) is 11.0. The number of aryl methyl sites for hydroxylation is 1. The maximum atomic E-state index is 13.6. The van der Waals surface area contributed by atoms with Crippen molar-refractivity contribution in [2.24, 2.45) is 11.1 Å². The summed E-state index contributed by atoms with van der Waals surface area (Å²) in [6.07, 6.45) is 3.26. The lowest BCUT2D eigenvalue weighted by atomic mass is 9.93. The molecule has 2 aromatic heterocycles. The number of anilines is 1. The first-order valence-corrected chi connectivity index (χ1v) is 14.7. The molecule has 3 aromatic rings. The quantitative estimate of drug-likeness (QED) is 0.342. The summed E-state index contributed by atoms with van der Waals surface area (Å²) in [5.41, 5.74) is 3.41. The van der Waals surface area contributed by atoms with Gasteiger partial charge in [-0.15, -0.1) is 11.3 Å². The van der Waals surface area contributed by atoms with Gasteiger partial charge in [-0.1, -0.05) is 17.7 Å². The number of carbonyl (C=O) groups is 1. The molecule has 1 aromatic carbocycles. The van der Waals surface area contributed by atoms with Crippen LogP contribution in [0.15, 0.2) is 36.8 Å². The predicted octanol–water partition coefficient (Wildman–Crippen LogP) is 3.16. The lowest BCUT2D eigenvalue weighted by Crippen LogP contribution is -2.24. The van der Waals surface area contributed by atoms with Gasteiger partial charge in [0, 0.05) is 28.1 Å². The fourth-order valence-corrected chi connectivity index (χ4v) is 6.61. The zero-order valence-electron chi connectivity index (χ0n) is 20.5. The smallest absolute Gasteiger partial charge is 0.333 e. The zero-order chi connectivity index (χ0) is 27.0. The van der Waals surface area contributed by atoms with E-state index >= 15 is 0 Å². The monoisotopic (exact) mass is 578 g/mol. The standard InChI is InChI=1S/C25H27ClN4O6S2/c1-13-18(24-19-7-16(26)3-2-14(19)4-5-35-24)9-22(37-13)23(32)20-10-28-12-29-25(20)30-17-6-15(21(31)8-17)11-36-38(27,33)34/h2-3,7,9-10,12,15,17,21,24,31H,4-6,8,11H2,1H3,(H2,27,33,34)(H,28,29,30)/t15-,17-,21+,24-/m1/s1. The Morgan fingerprint density at radius 1 is 1.32 bits per heavy atom. The van der Waals surface area contributed by atoms with Gasteiger partial charge in [-0.2, -0.15) is 8.42 Å². The Balaban J connectivity index is 1.35. The third-order valence-corrected chi connectivity index (χ3v) is 8.68. The number of ketones is 1. The molecule has 38 heavy (non-hydrogen) atoms. The van der Waals surface area contributed by atoms with Crippen LogP contribution in [0.2, 0.25) is 5.02 Å². The predicted molar refractivity (Wildman–Crippen MR) is 143 cm³/mol. The largest absolute Gasteiger partial charge is 0.393 e. The van der Waals surface area contributed by atoms with E-state index in [1.807, 2.05) is 31.2 Å². The topological polar surface area (TPSA) is 154 Å². The van der Waals surface area contributed by atoms with Gasteiger partial charge in [0.25, 0.3) is 0 Å². The molecule has 10 nitrogen and oxygen atoms in total. The minimum absolute atomic E-state index is 0.220. The van der Waals surface area contributed by atoms with Crippen LogP contribution in [-0.2, 0) is 25.6 Å². The van der Waals surface area contributed by atoms with Gasteiger partial charge < -0.3 is 15.2 Å². The summed E-state index contributed by atoms with van der Waals surface area (Å²) in [5, 5.41) is 19.1. The highest BCUT2D eigenvalue weighted by Crippen LogP contribution is 2.39. The van der Waals surface area contributed by atoms with Crippen LogP contribution >= 0.6 is 22.9 Å². The summed E-state index contributed by atoms with van der Waals surface area (Å²) >= 11 is 7.64. The Bertz CT molecular complexity index is 1460. The van der Waals surface area contributed by atoms with E-state index in [0.717, 1.165) is 22.4 Å². The Kier molecular flexibility index (Phi) is 7.83. The van der Waals surface area contributed by atoms with Crippen molar-refractivity contribution in [1.29, 1.82) is 0 Å². The van der Waals surface area contributed by atoms with Crippen molar-refractivity contribution in [3.63, 3.8) is 0 Å². The number of nitrogens with zero attached hydrogens (tertiary/aromatic N) is 2. The Morgan fingerprint density at radius 2 is 2.13 bits per heavy atom. The fourth-order valence-electron chi connectivity index (χ4n) is 5.06. The van der Waals surface area contributed by atoms with Crippen LogP contribution in [0.4, 0.5) is 5.82 Å². The van der Waals surface area contributed by atoms with E-state index in [0.29, 0.717) is 40.7 Å². The first-order chi connectivity index (χ1) is 18.1. The fraction of sp³-hybridized carbons (Fsp3) is 0.400. The van der Waals surface area contributed by atoms with Gasteiger partial charge >= 0.3 is 10.3 Å². The molecule has 1 saturated carbocycles. The molecule has 0 bridgehead atoms. The normalized spacial score (nSPS) is 23.3. The number of rotatable bonds is 8. The molecule has 1 aliphatic heterocycles. The molecular formula is C25H27ClN4O6S2. The number of fused-ring (bicyclic) bond motifs is 1. The number of hydrogen-bond acceptors (Lipinski definition) is 10. The van der Waals surface area contributed by atoms with E-state index in [1.54, 1.807) is 0 Å². The van der Waals surface area contributed by atoms with Crippen LogP contribution in [0.3, 0.4) is 0 Å². The highest BCUT2D eigenvalue weighted by atomic mass is 35.5. The number of aliphatic hydroxyl groups excluding tert-OH is 1. The van der Waals surface area contributed by atoms with Crippen molar-refractivity contribution >= 4 is 44.8 Å². The molecule has 202 valence electrons. The van der Waals surface area contributed by atoms with Gasteiger partial charge in [0.15, 0.2) is 0 Å². The molecule has 0 unspecified atom stereocenters. The molecule has 1 fully saturated rings. The molecule has 0 radical (unpaired) electrons. The third kappa shape index (κ3) is 5.91. The highest BCUT2D eigenvalue weighted by molar-refractivity contribution is 7.84. The SMILES string of the molecule is Cc1sc(C(=O)c2cncnc2N[C@@H]2C[C@H](COS(N)(=O)=O)[C@@H](O)C2)cc1[C@H]1OCCc2ccc(Cl)cc21. The molecule has 0 saturated heterocycles. The average molecular weight is 579 g/mol. The van der Waals surface area contributed by atoms with Crippen molar-refractivity contribution in [2.75, 3.05) is 18.5 Å². The van der Waals surface area contributed by atoms with Gasteiger partial charge in [0.1, 0.15) is 18.2 Å². The molecule has 4 atom stereocenters. The van der Waals surface area contributed by atoms with Crippen LogP contribution in [-0.4, -0.2) is 54.6 Å². The molecule has 3 heterocycles. The lowest BCUT2D eigenvalue weighted by Gasteiger charge is -2.26. The van der Waals surface area contributed by atoms with Gasteiger partial charge in [0.2, 0.25) is 5.78 Å². The molecule has 0 amide bonds. The molecule has 5 rings (SSSR count). The number of nitrogens with one attached hydrogen (secondary N) is 1. The van der Waals surface area contributed by atoms with Crippen molar-refractivity contribution < 1.29 is 27.2 Å². The summed E-state index contributed by atoms with van der Waals surface area (Å²) in [6, 6.07) is 7.42. The first-order valence-electron chi connectivity index (χ1n) is 12.1. The Morgan fingerprint density at radius 3 is 2.92 bits per heavy atom. The summed E-state index contributed by atoms with van der Waals surface area (Å²) < 4.78 is 33.0. The summed E-state index contributed by atoms with van der Waals surface area (Å²) in [5.74, 6) is -0.322. The van der Waals surface area contributed by atoms with E-state index in [1.165, 1.54) is 29.4 Å². The summed E-state index contributed by atoms with van der Waals surface area (Å²) in [7, 11) is -4.10. The van der Waals surface area contributed by atoms with E-state index in [4.69, 9.17) is 21.5 Å². The number of benzene rings is 1. The zero-order valence-corrected chi connectivity index (χ0v) is 22.9. The van der Waals surface area contributed by atoms with Gasteiger partial charge in [-0.25, -0.2) is 15.1 Å². The van der Waals surface area contributed by atoms with Crippen molar-refractivity contribution in [3.8, 4) is 0 Å². The van der Waals surface area contributed by atoms with Crippen LogP contribution < -0.4 is 10.5 Å². The van der Waals surface area contributed by atoms with Gasteiger partial charge in [-0.05, 0) is 61.1 Å². The number of hydrogen-bond donors (Lipinski definition) is 3. The van der Waals surface area contributed by atoms with Crippen LogP contribution in [0.5, 0.6) is 0 Å². The summed E-state index contributed by atoms with van der Waals surface area (Å²) in [6.45, 7) is 2.32. The number of nitrogens with two attached hydrogens (primary N) is 1. The molecule has 2 aliphatic rings. The second-order valence-corrected chi connectivity index (χ2v) is 12.4.